The second-order valence-electron chi connectivity index (χ2n) is 13.3. The average molecular weight is 595 g/mol. The molecule has 1 saturated heterocycles. The van der Waals surface area contributed by atoms with Crippen LogP contribution in [-0.2, 0) is 6.42 Å². The lowest BCUT2D eigenvalue weighted by Gasteiger charge is -2.50. The van der Waals surface area contributed by atoms with Gasteiger partial charge in [0.1, 0.15) is 5.75 Å². The molecule has 6 atom stereocenters. The second kappa shape index (κ2) is 10.8. The lowest BCUT2D eigenvalue weighted by molar-refractivity contribution is -0.0226. The van der Waals surface area contributed by atoms with Crippen molar-refractivity contribution >= 4 is 17.8 Å². The fourth-order valence-electron chi connectivity index (χ4n) is 8.68. The number of aliphatic hydroxyl groups is 1. The molecule has 2 saturated carbocycles. The van der Waals surface area contributed by atoms with Crippen LogP contribution in [0.4, 0.5) is 14.5 Å². The number of halogens is 2. The lowest BCUT2D eigenvalue weighted by atomic mass is 9.55. The van der Waals surface area contributed by atoms with E-state index in [0.29, 0.717) is 54.6 Å². The number of aryl methyl sites for hydroxylation is 1. The van der Waals surface area contributed by atoms with Gasteiger partial charge in [0.05, 0.1) is 50.3 Å². The Kier molecular flexibility index (Phi) is 7.14. The molecule has 7 rings (SSSR count). The summed E-state index contributed by atoms with van der Waals surface area (Å²) in [6.45, 7) is 2.55. The Labute approximate surface area is 251 Å². The Morgan fingerprint density at radius 2 is 1.91 bits per heavy atom. The van der Waals surface area contributed by atoms with Gasteiger partial charge in [0.25, 0.3) is 11.8 Å². The third kappa shape index (κ3) is 4.97. The van der Waals surface area contributed by atoms with Crippen LogP contribution in [0.2, 0.25) is 0 Å². The van der Waals surface area contributed by atoms with Crippen molar-refractivity contribution in [3.8, 4) is 17.2 Å². The molecule has 2 heterocycles. The van der Waals surface area contributed by atoms with Gasteiger partial charge in [0, 0.05) is 25.1 Å². The number of hydrogen-bond acceptors (Lipinski definition) is 6. The molecule has 2 aromatic carbocycles. The highest BCUT2D eigenvalue weighted by Crippen LogP contribution is 2.61. The molecule has 3 fully saturated rings. The first kappa shape index (κ1) is 28.6. The average Bonchev–Trinajstić information content (AvgIpc) is 3.45. The quantitative estimate of drug-likeness (QED) is 0.379. The first-order valence-corrected chi connectivity index (χ1v) is 15.7. The van der Waals surface area contributed by atoms with Gasteiger partial charge in [0.2, 0.25) is 0 Å². The van der Waals surface area contributed by atoms with Crippen LogP contribution >= 0.6 is 0 Å². The molecule has 1 N–H and O–H groups in total. The summed E-state index contributed by atoms with van der Waals surface area (Å²) in [6.07, 6.45) is 8.10. The highest BCUT2D eigenvalue weighted by molar-refractivity contribution is 6.03. The fourth-order valence-corrected chi connectivity index (χ4v) is 8.68. The number of benzene rings is 2. The van der Waals surface area contributed by atoms with E-state index < -0.39 is 30.8 Å². The largest absolute Gasteiger partial charge is 0.493 e. The number of fused-ring (bicyclic) bond motifs is 7. The maximum atomic E-state index is 13.9. The number of aliphatic hydroxyl groups excluding tert-OH is 1. The van der Waals surface area contributed by atoms with Crippen molar-refractivity contribution in [2.75, 3.05) is 26.9 Å². The molecule has 1 amide bonds. The van der Waals surface area contributed by atoms with Crippen LogP contribution < -0.4 is 14.2 Å². The number of carbonyl (C=O) groups is 1. The number of hydrogen-bond donors (Lipinski definition) is 1. The van der Waals surface area contributed by atoms with E-state index >= 15 is 0 Å². The van der Waals surface area contributed by atoms with E-state index in [4.69, 9.17) is 14.2 Å². The van der Waals surface area contributed by atoms with Crippen LogP contribution in [0.3, 0.4) is 0 Å². The van der Waals surface area contributed by atoms with E-state index in [9.17, 15) is 18.7 Å². The van der Waals surface area contributed by atoms with Gasteiger partial charge in [-0.05, 0) is 91.0 Å². The van der Waals surface area contributed by atoms with Crippen molar-refractivity contribution in [3.63, 3.8) is 0 Å². The zero-order valence-electron chi connectivity index (χ0n) is 24.9. The standard InChI is InChI=1S/C34H40F2N2O5/c1-33-11-10-24-23-7-5-22(14-20(23)4-6-25(24)27(33)8-9-31(33)39)42-12-3-13-43-30-16-28-26(15-29(30)41-2)32(40)38-19-34(35,36)17-21(38)18-37-28/h5,7,14-16,18,21,24-25,27,31,39H,3-4,6,8-13,17,19H2,1-2H3/t21-,24+,25+,27-,31-,33-/m0/s1. The van der Waals surface area contributed by atoms with E-state index in [1.807, 2.05) is 0 Å². The summed E-state index contributed by atoms with van der Waals surface area (Å²) in [7, 11) is 1.48. The van der Waals surface area contributed by atoms with Crippen molar-refractivity contribution in [2.45, 2.75) is 82.3 Å². The first-order chi connectivity index (χ1) is 20.7. The predicted molar refractivity (Wildman–Crippen MR) is 158 cm³/mol. The van der Waals surface area contributed by atoms with Gasteiger partial charge in [-0.15, -0.1) is 0 Å². The summed E-state index contributed by atoms with van der Waals surface area (Å²) in [4.78, 5) is 18.6. The topological polar surface area (TPSA) is 80.6 Å². The predicted octanol–water partition coefficient (Wildman–Crippen LogP) is 6.33. The number of methoxy groups -OCH3 is 1. The molecule has 5 aliphatic rings. The Bertz CT molecular complexity index is 1450. The lowest BCUT2D eigenvalue weighted by Crippen LogP contribution is -2.43. The van der Waals surface area contributed by atoms with Crippen LogP contribution in [0.1, 0.15) is 79.3 Å². The summed E-state index contributed by atoms with van der Waals surface area (Å²) < 4.78 is 45.4. The molecule has 3 aliphatic carbocycles. The summed E-state index contributed by atoms with van der Waals surface area (Å²) in [5, 5.41) is 10.7. The van der Waals surface area contributed by atoms with Crippen molar-refractivity contribution in [1.82, 2.24) is 4.90 Å². The molecule has 0 bridgehead atoms. The smallest absolute Gasteiger partial charge is 0.267 e. The molecule has 43 heavy (non-hydrogen) atoms. The highest BCUT2D eigenvalue weighted by Gasteiger charge is 2.54. The van der Waals surface area contributed by atoms with Crippen molar-refractivity contribution in [2.24, 2.45) is 22.2 Å². The number of aliphatic imine (C=N–C) groups is 1. The van der Waals surface area contributed by atoms with Gasteiger partial charge in [-0.2, -0.15) is 0 Å². The van der Waals surface area contributed by atoms with E-state index in [2.05, 4.69) is 30.1 Å². The van der Waals surface area contributed by atoms with Gasteiger partial charge in [-0.1, -0.05) is 13.0 Å². The fraction of sp³-hybridized carbons (Fsp3) is 0.588. The number of carbonyl (C=O) groups excluding carboxylic acids is 1. The number of amides is 1. The molecular weight excluding hydrogens is 554 g/mol. The maximum Gasteiger partial charge on any atom is 0.267 e. The Hall–Kier alpha value is -3.20. The minimum absolute atomic E-state index is 0.0918. The third-order valence-corrected chi connectivity index (χ3v) is 10.9. The zero-order valence-corrected chi connectivity index (χ0v) is 24.9. The molecule has 0 unspecified atom stereocenters. The summed E-state index contributed by atoms with van der Waals surface area (Å²) in [6, 6.07) is 8.99. The Balaban J connectivity index is 0.953. The summed E-state index contributed by atoms with van der Waals surface area (Å²) in [5.74, 6) is 0.159. The molecule has 9 heteroatoms. The Morgan fingerprint density at radius 1 is 1.07 bits per heavy atom. The minimum atomic E-state index is -2.92. The normalized spacial score (nSPS) is 31.8. The van der Waals surface area contributed by atoms with E-state index in [1.54, 1.807) is 6.07 Å². The SMILES string of the molecule is COc1cc2c(cc1OCCCOc1ccc3c(c1)CC[C@@H]1[C@@H]3CC[C@]3(C)[C@@H](O)CC[C@@H]13)N=C[C@@H]1CC(F)(F)CN1C2=O. The molecule has 0 spiro atoms. The van der Waals surface area contributed by atoms with Gasteiger partial charge in [0.15, 0.2) is 11.5 Å². The number of ether oxygens (including phenoxy) is 3. The van der Waals surface area contributed by atoms with Crippen molar-refractivity contribution in [1.29, 1.82) is 0 Å². The van der Waals surface area contributed by atoms with Crippen LogP contribution in [-0.4, -0.2) is 67.1 Å². The molecule has 0 radical (unpaired) electrons. The Morgan fingerprint density at radius 3 is 2.74 bits per heavy atom. The van der Waals surface area contributed by atoms with Crippen molar-refractivity contribution in [3.05, 3.63) is 47.0 Å². The maximum absolute atomic E-state index is 13.9. The third-order valence-electron chi connectivity index (χ3n) is 10.9. The first-order valence-electron chi connectivity index (χ1n) is 15.7. The van der Waals surface area contributed by atoms with Crippen molar-refractivity contribution < 1.29 is 32.9 Å². The summed E-state index contributed by atoms with van der Waals surface area (Å²) >= 11 is 0. The van der Waals surface area contributed by atoms with Gasteiger partial charge < -0.3 is 24.2 Å². The summed E-state index contributed by atoms with van der Waals surface area (Å²) in [5.41, 5.74) is 3.57. The van der Waals surface area contributed by atoms with E-state index in [0.717, 1.165) is 37.9 Å². The molecule has 0 aromatic heterocycles. The zero-order chi connectivity index (χ0) is 29.9. The number of alkyl halides is 2. The molecule has 2 aliphatic heterocycles. The number of rotatable bonds is 7. The minimum Gasteiger partial charge on any atom is -0.493 e. The van der Waals surface area contributed by atoms with E-state index in [1.165, 1.54) is 41.8 Å². The second-order valence-corrected chi connectivity index (χ2v) is 13.3. The molecular formula is C34H40F2N2O5. The monoisotopic (exact) mass is 594 g/mol. The molecule has 230 valence electrons. The van der Waals surface area contributed by atoms with Crippen LogP contribution in [0.5, 0.6) is 17.2 Å². The number of nitrogens with zero attached hydrogens (tertiary/aromatic N) is 2. The van der Waals surface area contributed by atoms with Crippen LogP contribution in [0, 0.1) is 17.3 Å². The van der Waals surface area contributed by atoms with E-state index in [-0.39, 0.29) is 17.1 Å². The molecule has 7 nitrogen and oxygen atoms in total. The molecule has 2 aromatic rings. The van der Waals surface area contributed by atoms with Gasteiger partial charge >= 0.3 is 0 Å². The highest BCUT2D eigenvalue weighted by atomic mass is 19.3. The van der Waals surface area contributed by atoms with Crippen LogP contribution in [0.15, 0.2) is 35.3 Å². The van der Waals surface area contributed by atoms with Gasteiger partial charge in [-0.3, -0.25) is 9.79 Å². The van der Waals surface area contributed by atoms with Crippen LogP contribution in [0.25, 0.3) is 0 Å². The van der Waals surface area contributed by atoms with Gasteiger partial charge in [-0.25, -0.2) is 8.78 Å².